The van der Waals surface area contributed by atoms with E-state index in [1.165, 1.54) is 11.3 Å². The Morgan fingerprint density at radius 2 is 2.22 bits per heavy atom. The number of nitrogens with zero attached hydrogens (tertiary/aromatic N) is 1. The van der Waals surface area contributed by atoms with Gasteiger partial charge in [0.05, 0.1) is 5.69 Å². The Bertz CT molecular complexity index is 456. The lowest BCUT2D eigenvalue weighted by atomic mass is 9.90. The lowest BCUT2D eigenvalue weighted by Gasteiger charge is -2.16. The summed E-state index contributed by atoms with van der Waals surface area (Å²) in [5, 5.41) is 14.4. The molecule has 0 radical (unpaired) electrons. The molecular formula is C11H17N3O3S. The zero-order valence-corrected chi connectivity index (χ0v) is 11.4. The molecule has 1 amide bonds. The van der Waals surface area contributed by atoms with E-state index in [1.54, 1.807) is 19.2 Å². The van der Waals surface area contributed by atoms with Gasteiger partial charge in [-0.25, -0.2) is 4.98 Å². The Hall–Kier alpha value is -1.63. The fourth-order valence-corrected chi connectivity index (χ4v) is 2.29. The molecule has 100 valence electrons. The van der Waals surface area contributed by atoms with Gasteiger partial charge in [0.1, 0.15) is 5.41 Å². The van der Waals surface area contributed by atoms with Crippen LogP contribution in [0.2, 0.25) is 0 Å². The molecule has 1 aromatic heterocycles. The molecule has 0 aromatic carbocycles. The lowest BCUT2D eigenvalue weighted by molar-refractivity contribution is -0.142. The molecule has 18 heavy (non-hydrogen) atoms. The van der Waals surface area contributed by atoms with Crippen LogP contribution in [0.1, 0.15) is 32.9 Å². The van der Waals surface area contributed by atoms with Crippen molar-refractivity contribution in [1.82, 2.24) is 4.98 Å². The van der Waals surface area contributed by atoms with E-state index >= 15 is 0 Å². The highest BCUT2D eigenvalue weighted by molar-refractivity contribution is 7.13. The number of carboxylic acid groups (broad SMARTS) is 1. The van der Waals surface area contributed by atoms with Gasteiger partial charge in [0.25, 0.3) is 0 Å². The van der Waals surface area contributed by atoms with Gasteiger partial charge in [-0.1, -0.05) is 0 Å². The number of rotatable bonds is 6. The first-order valence-electron chi connectivity index (χ1n) is 5.47. The molecule has 0 aliphatic heterocycles. The maximum Gasteiger partial charge on any atom is 0.315 e. The van der Waals surface area contributed by atoms with E-state index in [0.717, 1.165) is 0 Å². The van der Waals surface area contributed by atoms with Crippen molar-refractivity contribution in [2.75, 3.05) is 5.32 Å². The molecular weight excluding hydrogens is 254 g/mol. The summed E-state index contributed by atoms with van der Waals surface area (Å²) in [6, 6.07) is -0.130. The first kappa shape index (κ1) is 14.4. The normalized spacial score (nSPS) is 13.1. The highest BCUT2D eigenvalue weighted by atomic mass is 32.1. The van der Waals surface area contributed by atoms with Crippen LogP contribution < -0.4 is 11.1 Å². The number of anilines is 1. The van der Waals surface area contributed by atoms with Crippen molar-refractivity contribution < 1.29 is 14.7 Å². The summed E-state index contributed by atoms with van der Waals surface area (Å²) in [5.74, 6) is -1.32. The van der Waals surface area contributed by atoms with Crippen LogP contribution >= 0.6 is 11.3 Å². The van der Waals surface area contributed by atoms with Crippen molar-refractivity contribution in [2.45, 2.75) is 38.6 Å². The summed E-state index contributed by atoms with van der Waals surface area (Å²) in [6.45, 7) is 5.01. The predicted molar refractivity (Wildman–Crippen MR) is 69.7 cm³/mol. The van der Waals surface area contributed by atoms with Gasteiger partial charge in [0.15, 0.2) is 5.13 Å². The number of thiazole rings is 1. The van der Waals surface area contributed by atoms with E-state index in [9.17, 15) is 9.59 Å². The number of hydrogen-bond acceptors (Lipinski definition) is 5. The standard InChI is InChI=1S/C11H17N3O3S/c1-6(4-8(12)15)13-10-14-7(5-18-10)11(2,3)9(16)17/h5-6H,4H2,1-3H3,(H2,12,15)(H,13,14)(H,16,17). The molecule has 0 saturated carbocycles. The van der Waals surface area contributed by atoms with Crippen molar-refractivity contribution >= 4 is 28.3 Å². The third-order valence-corrected chi connectivity index (χ3v) is 3.33. The first-order valence-corrected chi connectivity index (χ1v) is 6.35. The first-order chi connectivity index (χ1) is 8.23. The smallest absolute Gasteiger partial charge is 0.315 e. The third kappa shape index (κ3) is 3.43. The number of nitrogens with one attached hydrogen (secondary N) is 1. The van der Waals surface area contributed by atoms with Crippen LogP contribution in [-0.4, -0.2) is 28.0 Å². The highest BCUT2D eigenvalue weighted by Crippen LogP contribution is 2.27. The average molecular weight is 271 g/mol. The number of carbonyl (C=O) groups excluding carboxylic acids is 1. The Kier molecular flexibility index (Phi) is 4.28. The fraction of sp³-hybridized carbons (Fsp3) is 0.545. The zero-order chi connectivity index (χ0) is 13.9. The molecule has 0 aliphatic rings. The molecule has 1 heterocycles. The van der Waals surface area contributed by atoms with Gasteiger partial charge in [-0.2, -0.15) is 0 Å². The predicted octanol–water partition coefficient (Wildman–Crippen LogP) is 1.18. The number of aromatic nitrogens is 1. The monoisotopic (exact) mass is 271 g/mol. The minimum Gasteiger partial charge on any atom is -0.481 e. The number of nitrogens with two attached hydrogens (primary N) is 1. The van der Waals surface area contributed by atoms with Crippen molar-refractivity contribution in [3.05, 3.63) is 11.1 Å². The van der Waals surface area contributed by atoms with Crippen LogP contribution in [0.3, 0.4) is 0 Å². The molecule has 1 aromatic rings. The molecule has 7 heteroatoms. The molecule has 1 unspecified atom stereocenters. The van der Waals surface area contributed by atoms with E-state index in [0.29, 0.717) is 10.8 Å². The number of carboxylic acids is 1. The van der Waals surface area contributed by atoms with Gasteiger partial charge >= 0.3 is 5.97 Å². The minimum atomic E-state index is -1.02. The van der Waals surface area contributed by atoms with E-state index in [2.05, 4.69) is 10.3 Å². The van der Waals surface area contributed by atoms with Gasteiger partial charge in [0.2, 0.25) is 5.91 Å². The number of primary amides is 1. The SMILES string of the molecule is CC(CC(N)=O)Nc1nc(C(C)(C)C(=O)O)cs1. The summed E-state index contributed by atoms with van der Waals surface area (Å²) < 4.78 is 0. The maximum absolute atomic E-state index is 11.1. The largest absolute Gasteiger partial charge is 0.481 e. The molecule has 4 N–H and O–H groups in total. The zero-order valence-electron chi connectivity index (χ0n) is 10.6. The van der Waals surface area contributed by atoms with Gasteiger partial charge in [-0.3, -0.25) is 9.59 Å². The Morgan fingerprint density at radius 1 is 1.61 bits per heavy atom. The molecule has 6 nitrogen and oxygen atoms in total. The summed E-state index contributed by atoms with van der Waals surface area (Å²) in [7, 11) is 0. The van der Waals surface area contributed by atoms with Crippen LogP contribution in [0.5, 0.6) is 0 Å². The van der Waals surface area contributed by atoms with Crippen LogP contribution in [-0.2, 0) is 15.0 Å². The number of aliphatic carboxylic acids is 1. The molecule has 0 saturated heterocycles. The van der Waals surface area contributed by atoms with Gasteiger partial charge < -0.3 is 16.2 Å². The van der Waals surface area contributed by atoms with Gasteiger partial charge in [0, 0.05) is 17.8 Å². The highest BCUT2D eigenvalue weighted by Gasteiger charge is 2.32. The van der Waals surface area contributed by atoms with Crippen LogP contribution in [0, 0.1) is 0 Å². The van der Waals surface area contributed by atoms with Crippen molar-refractivity contribution in [1.29, 1.82) is 0 Å². The lowest BCUT2D eigenvalue weighted by Crippen LogP contribution is -2.29. The van der Waals surface area contributed by atoms with Crippen LogP contribution in [0.15, 0.2) is 5.38 Å². The molecule has 0 fully saturated rings. The quantitative estimate of drug-likeness (QED) is 0.720. The van der Waals surface area contributed by atoms with Gasteiger partial charge in [-0.15, -0.1) is 11.3 Å². The maximum atomic E-state index is 11.1. The number of hydrogen-bond donors (Lipinski definition) is 3. The second-order valence-corrected chi connectivity index (χ2v) is 5.54. The Balaban J connectivity index is 2.75. The summed E-state index contributed by atoms with van der Waals surface area (Å²) in [6.07, 6.45) is 0.206. The van der Waals surface area contributed by atoms with E-state index in [-0.39, 0.29) is 12.5 Å². The van der Waals surface area contributed by atoms with Crippen molar-refractivity contribution in [3.63, 3.8) is 0 Å². The molecule has 1 atom stereocenters. The van der Waals surface area contributed by atoms with Crippen molar-refractivity contribution in [3.8, 4) is 0 Å². The van der Waals surface area contributed by atoms with Crippen LogP contribution in [0.25, 0.3) is 0 Å². The number of amides is 1. The Morgan fingerprint density at radius 3 is 2.72 bits per heavy atom. The Labute approximate surface area is 109 Å². The average Bonchev–Trinajstić information content (AvgIpc) is 2.64. The summed E-state index contributed by atoms with van der Waals surface area (Å²) >= 11 is 1.31. The topological polar surface area (TPSA) is 105 Å². The fourth-order valence-electron chi connectivity index (χ4n) is 1.30. The van der Waals surface area contributed by atoms with E-state index in [1.807, 2.05) is 6.92 Å². The number of carbonyl (C=O) groups is 2. The van der Waals surface area contributed by atoms with Crippen LogP contribution in [0.4, 0.5) is 5.13 Å². The molecule has 1 rings (SSSR count). The van der Waals surface area contributed by atoms with Gasteiger partial charge in [-0.05, 0) is 20.8 Å². The second-order valence-electron chi connectivity index (χ2n) is 4.68. The molecule has 0 spiro atoms. The molecule has 0 aliphatic carbocycles. The van der Waals surface area contributed by atoms with E-state index in [4.69, 9.17) is 10.8 Å². The molecule has 0 bridgehead atoms. The third-order valence-electron chi connectivity index (χ3n) is 2.56. The summed E-state index contributed by atoms with van der Waals surface area (Å²) in [5.41, 5.74) is 4.56. The van der Waals surface area contributed by atoms with E-state index < -0.39 is 17.3 Å². The second kappa shape index (κ2) is 5.34. The summed E-state index contributed by atoms with van der Waals surface area (Å²) in [4.78, 5) is 26.0. The minimum absolute atomic E-state index is 0.130. The van der Waals surface area contributed by atoms with Crippen molar-refractivity contribution in [2.24, 2.45) is 5.73 Å².